The Morgan fingerprint density at radius 2 is 1.04 bits per heavy atom. The van der Waals surface area contributed by atoms with Crippen molar-refractivity contribution in [2.45, 2.75) is 98.2 Å². The lowest BCUT2D eigenvalue weighted by molar-refractivity contribution is -0.376. The molecule has 0 bridgehead atoms. The second-order valence-electron chi connectivity index (χ2n) is 13.5. The van der Waals surface area contributed by atoms with Gasteiger partial charge < -0.3 is 105 Å². The van der Waals surface area contributed by atoms with Gasteiger partial charge in [-0.2, -0.15) is 0 Å². The molecule has 1 aliphatic carbocycles. The number of phenols is 6. The van der Waals surface area contributed by atoms with E-state index in [1.807, 2.05) is 0 Å². The molecular weight excluding hydrogens is 780 g/mol. The Balaban J connectivity index is 1.56. The Kier molecular flexibility index (Phi) is 12.9. The summed E-state index contributed by atoms with van der Waals surface area (Å²) in [7, 11) is 0. The lowest BCUT2D eigenvalue weighted by atomic mass is 9.79. The predicted molar refractivity (Wildman–Crippen MR) is 174 cm³/mol. The van der Waals surface area contributed by atoms with E-state index in [1.165, 1.54) is 0 Å². The first kappa shape index (κ1) is 43.3. The second kappa shape index (κ2) is 16.9. The van der Waals surface area contributed by atoms with Crippen LogP contribution in [0.3, 0.4) is 0 Å². The largest absolute Gasteiger partial charge is 0.504 e. The number of carbonyl (C=O) groups excluding carboxylic acids is 2. The van der Waals surface area contributed by atoms with Crippen LogP contribution in [0.5, 0.6) is 34.5 Å². The standard InChI is InChI=1S/C33H40O24/c34-7-17-21(42)23(44)25(46)30(54-17)57-27-24(45)22(43)18(8-35)55-31(27)53-16-6-33(51,32(49)50)5-15(52-28(47)9-1-11(36)19(40)12(37)2-9)26(16)56-29(48)10-3-13(38)20(41)14(39)4-10/h1-4,15-18,21-27,30-31,34-46,51H,5-8H2,(H,49,50). The minimum absolute atomic E-state index is 0.624. The number of ether oxygens (including phenoxy) is 6. The number of aromatic hydroxyl groups is 6. The quantitative estimate of drug-likeness (QED) is 0.0748. The SMILES string of the molecule is O=C(OC1CC(O)(C(=O)O)CC(OC2OC(CO)C(O)C(O)C2OC2OC(CO)C(O)C(O)C2O)C1OC(=O)c1cc(O)c(O)c(O)c1)c1cc(O)c(O)c(O)c1. The van der Waals surface area contributed by atoms with Gasteiger partial charge in [0.05, 0.1) is 24.3 Å². The summed E-state index contributed by atoms with van der Waals surface area (Å²) in [6.45, 7) is -1.94. The van der Waals surface area contributed by atoms with Crippen LogP contribution < -0.4 is 0 Å². The number of phenolic OH excluding ortho intramolecular Hbond substituents is 6. The molecule has 0 radical (unpaired) electrons. The number of carboxylic acid groups (broad SMARTS) is 1. The van der Waals surface area contributed by atoms with Crippen LogP contribution in [-0.2, 0) is 33.2 Å². The van der Waals surface area contributed by atoms with Crippen molar-refractivity contribution in [2.24, 2.45) is 0 Å². The molecular formula is C33H40O24. The Morgan fingerprint density at radius 1 is 0.596 bits per heavy atom. The molecule has 57 heavy (non-hydrogen) atoms. The van der Waals surface area contributed by atoms with E-state index >= 15 is 0 Å². The van der Waals surface area contributed by atoms with Gasteiger partial charge in [0.15, 0.2) is 58.8 Å². The van der Waals surface area contributed by atoms with Crippen LogP contribution in [0.1, 0.15) is 33.6 Å². The molecule has 5 rings (SSSR count). The van der Waals surface area contributed by atoms with E-state index in [0.717, 1.165) is 0 Å². The Bertz CT molecular complexity index is 1760. The summed E-state index contributed by atoms with van der Waals surface area (Å²) in [5.74, 6) is -11.1. The molecule has 24 nitrogen and oxygen atoms in total. The summed E-state index contributed by atoms with van der Waals surface area (Å²) in [4.78, 5) is 39.3. The number of hydrogen-bond acceptors (Lipinski definition) is 23. The number of aliphatic carboxylic acids is 1. The minimum atomic E-state index is -2.94. The highest BCUT2D eigenvalue weighted by atomic mass is 16.8. The van der Waals surface area contributed by atoms with Crippen LogP contribution in [0, 0.1) is 0 Å². The van der Waals surface area contributed by atoms with Crippen molar-refractivity contribution >= 4 is 17.9 Å². The van der Waals surface area contributed by atoms with Crippen molar-refractivity contribution in [2.75, 3.05) is 13.2 Å². The van der Waals surface area contributed by atoms with Crippen molar-refractivity contribution in [1.29, 1.82) is 0 Å². The summed E-state index contributed by atoms with van der Waals surface area (Å²) in [5, 5.41) is 153. The maximum absolute atomic E-state index is 13.5. The molecule has 24 heteroatoms. The number of esters is 2. The van der Waals surface area contributed by atoms with Gasteiger partial charge in [-0.25, -0.2) is 14.4 Å². The summed E-state index contributed by atoms with van der Waals surface area (Å²) in [6.07, 6.45) is -28.2. The van der Waals surface area contributed by atoms with Crippen LogP contribution in [0.25, 0.3) is 0 Å². The lowest BCUT2D eigenvalue weighted by Crippen LogP contribution is -2.66. The fourth-order valence-electron chi connectivity index (χ4n) is 6.44. The van der Waals surface area contributed by atoms with Crippen molar-refractivity contribution in [3.05, 3.63) is 35.4 Å². The monoisotopic (exact) mass is 820 g/mol. The molecule has 2 aromatic rings. The van der Waals surface area contributed by atoms with E-state index in [1.54, 1.807) is 0 Å². The van der Waals surface area contributed by atoms with Crippen molar-refractivity contribution < 1.29 is 119 Å². The molecule has 3 fully saturated rings. The Hall–Kier alpha value is -4.83. The van der Waals surface area contributed by atoms with Crippen molar-refractivity contribution in [3.8, 4) is 34.5 Å². The van der Waals surface area contributed by atoms with E-state index in [4.69, 9.17) is 28.4 Å². The van der Waals surface area contributed by atoms with Gasteiger partial charge in [0, 0.05) is 12.8 Å². The van der Waals surface area contributed by atoms with E-state index < -0.39 is 175 Å². The molecule has 0 aromatic heterocycles. The molecule has 0 spiro atoms. The molecule has 2 heterocycles. The third-order valence-electron chi connectivity index (χ3n) is 9.59. The van der Waals surface area contributed by atoms with Gasteiger partial charge >= 0.3 is 17.9 Å². The molecule has 2 aromatic carbocycles. The van der Waals surface area contributed by atoms with E-state index in [0.29, 0.717) is 24.3 Å². The van der Waals surface area contributed by atoms with Gasteiger partial charge in [0.1, 0.15) is 61.0 Å². The first-order valence-electron chi connectivity index (χ1n) is 16.8. The summed E-state index contributed by atoms with van der Waals surface area (Å²) in [6, 6.07) is 2.51. The minimum Gasteiger partial charge on any atom is -0.504 e. The number of rotatable bonds is 11. The zero-order valence-corrected chi connectivity index (χ0v) is 29.0. The fraction of sp³-hybridized carbons (Fsp3) is 0.545. The molecule has 2 aliphatic heterocycles. The summed E-state index contributed by atoms with van der Waals surface area (Å²) in [5.41, 5.74) is -4.28. The molecule has 3 aliphatic rings. The van der Waals surface area contributed by atoms with Gasteiger partial charge in [-0.15, -0.1) is 0 Å². The maximum Gasteiger partial charge on any atom is 0.338 e. The molecule has 2 saturated heterocycles. The highest BCUT2D eigenvalue weighted by molar-refractivity contribution is 5.92. The van der Waals surface area contributed by atoms with E-state index in [9.17, 15) is 91.0 Å². The maximum atomic E-state index is 13.5. The van der Waals surface area contributed by atoms with Crippen LogP contribution in [-0.4, -0.2) is 193 Å². The summed E-state index contributed by atoms with van der Waals surface area (Å²) < 4.78 is 33.4. The average molecular weight is 821 g/mol. The van der Waals surface area contributed by atoms with Crippen LogP contribution in [0.2, 0.25) is 0 Å². The number of benzene rings is 2. The van der Waals surface area contributed by atoms with Gasteiger partial charge in [0.25, 0.3) is 0 Å². The normalized spacial score (nSPS) is 35.6. The average Bonchev–Trinajstić information content (AvgIpc) is 3.16. The first-order chi connectivity index (χ1) is 26.7. The predicted octanol–water partition coefficient (Wildman–Crippen LogP) is -4.71. The van der Waals surface area contributed by atoms with Crippen LogP contribution in [0.4, 0.5) is 0 Å². The van der Waals surface area contributed by atoms with Crippen molar-refractivity contribution in [1.82, 2.24) is 0 Å². The van der Waals surface area contributed by atoms with Gasteiger partial charge in [-0.3, -0.25) is 0 Å². The van der Waals surface area contributed by atoms with Gasteiger partial charge in [-0.05, 0) is 24.3 Å². The first-order valence-corrected chi connectivity index (χ1v) is 16.8. The number of carbonyl (C=O) groups is 3. The van der Waals surface area contributed by atoms with Gasteiger partial charge in [-0.1, -0.05) is 0 Å². The molecule has 14 atom stereocenters. The second-order valence-corrected chi connectivity index (χ2v) is 13.5. The Labute approximate surface area is 318 Å². The smallest absolute Gasteiger partial charge is 0.338 e. The molecule has 316 valence electrons. The zero-order chi connectivity index (χ0) is 42.3. The fourth-order valence-corrected chi connectivity index (χ4v) is 6.44. The topological polar surface area (TPSA) is 410 Å². The van der Waals surface area contributed by atoms with Crippen molar-refractivity contribution in [3.63, 3.8) is 0 Å². The van der Waals surface area contributed by atoms with E-state index in [2.05, 4.69) is 0 Å². The molecule has 15 N–H and O–H groups in total. The number of hydrogen-bond donors (Lipinski definition) is 15. The number of aliphatic hydroxyl groups is 8. The third-order valence-corrected chi connectivity index (χ3v) is 9.59. The van der Waals surface area contributed by atoms with Crippen LogP contribution in [0.15, 0.2) is 24.3 Å². The third kappa shape index (κ3) is 8.71. The van der Waals surface area contributed by atoms with E-state index in [-0.39, 0.29) is 0 Å². The zero-order valence-electron chi connectivity index (χ0n) is 29.0. The highest BCUT2D eigenvalue weighted by Gasteiger charge is 2.57. The molecule has 14 unspecified atom stereocenters. The molecule has 1 saturated carbocycles. The number of carboxylic acids is 1. The van der Waals surface area contributed by atoms with Gasteiger partial charge in [0.2, 0.25) is 0 Å². The highest BCUT2D eigenvalue weighted by Crippen LogP contribution is 2.41. The van der Waals surface area contributed by atoms with Crippen LogP contribution >= 0.6 is 0 Å². The molecule has 0 amide bonds. The lowest BCUT2D eigenvalue weighted by Gasteiger charge is -2.48. The number of aliphatic hydroxyl groups excluding tert-OH is 7. The summed E-state index contributed by atoms with van der Waals surface area (Å²) >= 11 is 0. The Morgan fingerprint density at radius 3 is 1.51 bits per heavy atom.